The number of nitrogens with zero attached hydrogens (tertiary/aromatic N) is 2. The number of carbonyl (C=O) groups excluding carboxylic acids is 2. The molecule has 206 valence electrons. The molecule has 1 saturated heterocycles. The number of amides is 1. The molecule has 2 fully saturated rings. The Balaban J connectivity index is 1.61. The zero-order chi connectivity index (χ0) is 27.5. The minimum absolute atomic E-state index is 0.0170. The first-order chi connectivity index (χ1) is 17.9. The zero-order valence-electron chi connectivity index (χ0n) is 21.9. The average Bonchev–Trinajstić information content (AvgIpc) is 3.07. The number of hydrogen-bond acceptors (Lipinski definition) is 9. The number of Topliss-reactive ketones (excluding diaryl/α,β-unsaturated/α-hetero) is 1. The maximum absolute atomic E-state index is 13.8. The molecule has 1 saturated carbocycles. The molecule has 1 amide bonds. The number of nitrogens with two attached hydrogens (primary N) is 1. The lowest BCUT2D eigenvalue weighted by Crippen LogP contribution is -2.57. The van der Waals surface area contributed by atoms with Crippen LogP contribution < -0.4 is 10.6 Å². The SMILES string of the molecule is CN(C)c1cc(CN2CCCCCC2)c(O)c2c1CC1CC3CC(O)=C(C(N)=O)C(O)(O)C3C(=O)C1=C2O. The number of anilines is 1. The van der Waals surface area contributed by atoms with E-state index in [2.05, 4.69) is 4.90 Å². The van der Waals surface area contributed by atoms with Crippen molar-refractivity contribution < 1.29 is 35.1 Å². The molecule has 38 heavy (non-hydrogen) atoms. The summed E-state index contributed by atoms with van der Waals surface area (Å²) in [5.74, 6) is -8.49. The Hall–Kier alpha value is -3.08. The summed E-state index contributed by atoms with van der Waals surface area (Å²) in [6.45, 7) is 2.34. The Bertz CT molecular complexity index is 1240. The molecule has 1 heterocycles. The van der Waals surface area contributed by atoms with Gasteiger partial charge in [-0.1, -0.05) is 12.8 Å². The van der Waals surface area contributed by atoms with Crippen LogP contribution >= 0.6 is 0 Å². The molecule has 1 aromatic carbocycles. The first kappa shape index (κ1) is 26.5. The van der Waals surface area contributed by atoms with Gasteiger partial charge in [-0.15, -0.1) is 0 Å². The van der Waals surface area contributed by atoms with Gasteiger partial charge in [0, 0.05) is 43.9 Å². The molecule has 1 aliphatic heterocycles. The van der Waals surface area contributed by atoms with E-state index in [-0.39, 0.29) is 35.5 Å². The molecule has 10 nitrogen and oxygen atoms in total. The summed E-state index contributed by atoms with van der Waals surface area (Å²) < 4.78 is 0. The minimum Gasteiger partial charge on any atom is -0.512 e. The van der Waals surface area contributed by atoms with Crippen LogP contribution in [-0.2, 0) is 22.6 Å². The summed E-state index contributed by atoms with van der Waals surface area (Å²) in [7, 11) is 3.78. The Morgan fingerprint density at radius 3 is 2.37 bits per heavy atom. The van der Waals surface area contributed by atoms with Crippen molar-refractivity contribution in [2.45, 2.75) is 57.3 Å². The number of likely N-dealkylation sites (tertiary alicyclic amines) is 1. The number of fused-ring (bicyclic) bond motifs is 3. The van der Waals surface area contributed by atoms with Gasteiger partial charge in [0.15, 0.2) is 5.78 Å². The lowest BCUT2D eigenvalue weighted by Gasteiger charge is -2.47. The number of carbonyl (C=O) groups is 2. The summed E-state index contributed by atoms with van der Waals surface area (Å²) in [5.41, 5.74) is 6.93. The van der Waals surface area contributed by atoms with E-state index in [4.69, 9.17) is 5.73 Å². The first-order valence-corrected chi connectivity index (χ1v) is 13.4. The van der Waals surface area contributed by atoms with Crippen LogP contribution in [0.1, 0.15) is 55.2 Å². The first-order valence-electron chi connectivity index (χ1n) is 13.4. The number of phenols is 1. The van der Waals surface area contributed by atoms with Crippen LogP contribution in [0.3, 0.4) is 0 Å². The molecule has 3 aliphatic carbocycles. The predicted molar refractivity (Wildman–Crippen MR) is 140 cm³/mol. The number of ketones is 1. The third-order valence-corrected chi connectivity index (χ3v) is 8.79. The summed E-state index contributed by atoms with van der Waals surface area (Å²) in [4.78, 5) is 29.9. The van der Waals surface area contributed by atoms with Gasteiger partial charge in [0.1, 0.15) is 22.8 Å². The fourth-order valence-electron chi connectivity index (χ4n) is 7.10. The number of primary amides is 1. The van der Waals surface area contributed by atoms with Crippen LogP contribution in [0.5, 0.6) is 5.75 Å². The molecule has 0 aromatic heterocycles. The van der Waals surface area contributed by atoms with Gasteiger partial charge in [0.2, 0.25) is 5.79 Å². The quantitative estimate of drug-likeness (QED) is 0.320. The van der Waals surface area contributed by atoms with E-state index in [1.54, 1.807) is 0 Å². The fourth-order valence-corrected chi connectivity index (χ4v) is 7.10. The van der Waals surface area contributed by atoms with Gasteiger partial charge in [-0.25, -0.2) is 0 Å². The number of benzene rings is 1. The molecule has 4 aliphatic rings. The van der Waals surface area contributed by atoms with Gasteiger partial charge >= 0.3 is 0 Å². The number of aromatic hydroxyl groups is 1. The van der Waals surface area contributed by atoms with Crippen LogP contribution in [0, 0.1) is 17.8 Å². The second-order valence-electron chi connectivity index (χ2n) is 11.5. The van der Waals surface area contributed by atoms with E-state index < -0.39 is 46.6 Å². The van der Waals surface area contributed by atoms with Gasteiger partial charge in [0.25, 0.3) is 5.91 Å². The molecule has 1 aromatic rings. The van der Waals surface area contributed by atoms with Crippen molar-refractivity contribution in [3.05, 3.63) is 39.7 Å². The van der Waals surface area contributed by atoms with Crippen molar-refractivity contribution >= 4 is 23.1 Å². The summed E-state index contributed by atoms with van der Waals surface area (Å²) >= 11 is 0. The van der Waals surface area contributed by atoms with Crippen LogP contribution in [0.2, 0.25) is 0 Å². The highest BCUT2D eigenvalue weighted by Gasteiger charge is 2.58. The molecule has 5 rings (SSSR count). The predicted octanol–water partition coefficient (Wildman–Crippen LogP) is 1.86. The topological polar surface area (TPSA) is 168 Å². The van der Waals surface area contributed by atoms with Crippen molar-refractivity contribution in [1.82, 2.24) is 4.90 Å². The highest BCUT2D eigenvalue weighted by molar-refractivity contribution is 6.08. The second-order valence-corrected chi connectivity index (χ2v) is 11.5. The highest BCUT2D eigenvalue weighted by Crippen LogP contribution is 2.54. The Morgan fingerprint density at radius 2 is 1.76 bits per heavy atom. The van der Waals surface area contributed by atoms with Gasteiger partial charge in [-0.3, -0.25) is 14.5 Å². The van der Waals surface area contributed by atoms with Gasteiger partial charge in [-0.2, -0.15) is 0 Å². The summed E-state index contributed by atoms with van der Waals surface area (Å²) in [6.07, 6.45) is 5.05. The molecule has 10 heteroatoms. The molecule has 7 N–H and O–H groups in total. The summed E-state index contributed by atoms with van der Waals surface area (Å²) in [5, 5.41) is 55.1. The maximum Gasteiger partial charge on any atom is 0.253 e. The number of allylic oxidation sites excluding steroid dienone is 2. The molecule has 0 radical (unpaired) electrons. The largest absolute Gasteiger partial charge is 0.512 e. The number of rotatable bonds is 4. The van der Waals surface area contributed by atoms with E-state index in [9.17, 15) is 35.1 Å². The lowest BCUT2D eigenvalue weighted by atomic mass is 9.59. The highest BCUT2D eigenvalue weighted by atomic mass is 16.5. The Labute approximate surface area is 221 Å². The summed E-state index contributed by atoms with van der Waals surface area (Å²) in [6, 6.07) is 1.95. The molecule has 3 atom stereocenters. The monoisotopic (exact) mass is 527 g/mol. The van der Waals surface area contributed by atoms with Crippen molar-refractivity contribution in [2.75, 3.05) is 32.1 Å². The van der Waals surface area contributed by atoms with Crippen molar-refractivity contribution in [3.8, 4) is 5.75 Å². The molecule has 0 bridgehead atoms. The van der Waals surface area contributed by atoms with Crippen molar-refractivity contribution in [2.24, 2.45) is 23.5 Å². The average molecular weight is 528 g/mol. The Kier molecular flexibility index (Phi) is 6.69. The minimum atomic E-state index is -2.97. The number of hydrogen-bond donors (Lipinski definition) is 6. The normalized spacial score (nSPS) is 27.4. The molecule has 0 spiro atoms. The van der Waals surface area contributed by atoms with E-state index in [1.165, 1.54) is 12.8 Å². The third-order valence-electron chi connectivity index (χ3n) is 8.79. The number of phenolic OH excluding ortho intramolecular Hbond substituents is 1. The smallest absolute Gasteiger partial charge is 0.253 e. The fraction of sp³-hybridized carbons (Fsp3) is 0.571. The van der Waals surface area contributed by atoms with E-state index in [1.807, 2.05) is 25.1 Å². The van der Waals surface area contributed by atoms with Gasteiger partial charge in [-0.05, 0) is 62.2 Å². The van der Waals surface area contributed by atoms with E-state index >= 15 is 0 Å². The van der Waals surface area contributed by atoms with Crippen LogP contribution in [-0.4, -0.2) is 75.1 Å². The van der Waals surface area contributed by atoms with Crippen LogP contribution in [0.4, 0.5) is 5.69 Å². The lowest BCUT2D eigenvalue weighted by molar-refractivity contribution is -0.197. The van der Waals surface area contributed by atoms with Crippen molar-refractivity contribution in [1.29, 1.82) is 0 Å². The van der Waals surface area contributed by atoms with Gasteiger partial charge in [0.05, 0.1) is 11.5 Å². The van der Waals surface area contributed by atoms with Crippen LogP contribution in [0.25, 0.3) is 5.76 Å². The Morgan fingerprint density at radius 1 is 1.11 bits per heavy atom. The molecule has 3 unspecified atom stereocenters. The molecular formula is C28H37N3O7. The van der Waals surface area contributed by atoms with E-state index in [0.29, 0.717) is 18.5 Å². The standard InChI is InChI=1S/C28H37N3O7/c1-30(2)18-11-16(13-31-7-5-3-4-6-8-31)24(33)21-17(18)10-14-9-15-12-19(32)23(27(29)36)28(37,38)22(15)26(35)20(14)25(21)34/h11,14-15,22,32-34,37-38H,3-10,12-13H2,1-2H3,(H2,29,36). The zero-order valence-corrected chi connectivity index (χ0v) is 21.9. The number of aliphatic hydroxyl groups excluding tert-OH is 2. The van der Waals surface area contributed by atoms with Crippen LogP contribution in [0.15, 0.2) is 23.0 Å². The third kappa shape index (κ3) is 4.15. The molecular weight excluding hydrogens is 490 g/mol. The van der Waals surface area contributed by atoms with E-state index in [0.717, 1.165) is 37.2 Å². The maximum atomic E-state index is 13.8. The second kappa shape index (κ2) is 9.59. The van der Waals surface area contributed by atoms with Gasteiger partial charge < -0.3 is 36.2 Å². The number of aliphatic hydroxyl groups is 4. The van der Waals surface area contributed by atoms with Crippen molar-refractivity contribution in [3.63, 3.8) is 0 Å².